The molecule has 6 unspecified atom stereocenters. The summed E-state index contributed by atoms with van der Waals surface area (Å²) in [5.74, 6) is -5.60. The number of carbonyl (C=O) groups is 2. The van der Waals surface area contributed by atoms with Crippen LogP contribution in [-0.2, 0) is 14.3 Å². The van der Waals surface area contributed by atoms with Gasteiger partial charge in [-0.25, -0.2) is 4.79 Å². The summed E-state index contributed by atoms with van der Waals surface area (Å²) >= 11 is 0. The van der Waals surface area contributed by atoms with Crippen LogP contribution in [-0.4, -0.2) is 91.9 Å². The fourth-order valence-electron chi connectivity index (χ4n) is 2.23. The highest BCUT2D eigenvalue weighted by atomic mass is 16.7. The largest absolute Gasteiger partial charge is 0.477 e. The molecule has 0 radical (unpaired) electrons. The van der Waals surface area contributed by atoms with Crippen LogP contribution in [0.4, 0.5) is 0 Å². The third-order valence-corrected chi connectivity index (χ3v) is 3.44. The van der Waals surface area contributed by atoms with E-state index in [0.29, 0.717) is 0 Å². The third kappa shape index (κ3) is 4.52. The SMILES string of the molecule is [N-]=[N+]=NCC(=O)NC1C(O)CC(O)(C(=O)O)OC1C(O)C(O)CO. The Balaban J connectivity index is 3.06. The van der Waals surface area contributed by atoms with Gasteiger partial charge in [-0.15, -0.1) is 0 Å². The molecule has 0 saturated carbocycles. The maximum Gasteiger partial charge on any atom is 0.364 e. The molecule has 1 aliphatic rings. The van der Waals surface area contributed by atoms with Gasteiger partial charge in [0.15, 0.2) is 0 Å². The minimum Gasteiger partial charge on any atom is -0.477 e. The number of aliphatic carboxylic acids is 1. The second-order valence-electron chi connectivity index (χ2n) is 5.17. The van der Waals surface area contributed by atoms with E-state index in [1.54, 1.807) is 0 Å². The first-order valence-electron chi connectivity index (χ1n) is 6.75. The Bertz CT molecular complexity index is 526. The molecule has 1 aliphatic heterocycles. The van der Waals surface area contributed by atoms with Crippen LogP contribution in [0.1, 0.15) is 6.42 Å². The van der Waals surface area contributed by atoms with E-state index < -0.39 is 67.7 Å². The molecule has 13 nitrogen and oxygen atoms in total. The number of nitrogens with one attached hydrogen (secondary N) is 1. The fraction of sp³-hybridized carbons (Fsp3) is 0.818. The highest BCUT2D eigenvalue weighted by Crippen LogP contribution is 2.30. The van der Waals surface area contributed by atoms with Crippen LogP contribution in [0, 0.1) is 0 Å². The van der Waals surface area contributed by atoms with Gasteiger partial charge in [-0.2, -0.15) is 0 Å². The second kappa shape index (κ2) is 8.21. The zero-order chi connectivity index (χ0) is 18.5. The van der Waals surface area contributed by atoms with Gasteiger partial charge in [-0.05, 0) is 5.53 Å². The number of azide groups is 1. The Morgan fingerprint density at radius 1 is 1.46 bits per heavy atom. The number of carbonyl (C=O) groups excluding carboxylic acids is 1. The van der Waals surface area contributed by atoms with Crippen molar-refractivity contribution in [3.8, 4) is 0 Å². The summed E-state index contributed by atoms with van der Waals surface area (Å²) in [6.07, 6.45) is -8.03. The highest BCUT2D eigenvalue weighted by molar-refractivity contribution is 5.79. The van der Waals surface area contributed by atoms with Crippen LogP contribution in [0.25, 0.3) is 10.4 Å². The lowest BCUT2D eigenvalue weighted by molar-refractivity contribution is -0.295. The van der Waals surface area contributed by atoms with Crippen molar-refractivity contribution in [1.82, 2.24) is 5.32 Å². The van der Waals surface area contributed by atoms with Crippen molar-refractivity contribution in [3.05, 3.63) is 10.4 Å². The van der Waals surface area contributed by atoms with E-state index in [4.69, 9.17) is 20.5 Å². The molecule has 24 heavy (non-hydrogen) atoms. The van der Waals surface area contributed by atoms with Crippen molar-refractivity contribution in [2.75, 3.05) is 13.2 Å². The Labute approximate surface area is 134 Å². The molecule has 0 bridgehead atoms. The van der Waals surface area contributed by atoms with Gasteiger partial charge in [0, 0.05) is 11.3 Å². The van der Waals surface area contributed by atoms with Crippen molar-refractivity contribution in [2.45, 2.75) is 42.7 Å². The lowest BCUT2D eigenvalue weighted by Gasteiger charge is -2.44. The zero-order valence-corrected chi connectivity index (χ0v) is 12.3. The number of ether oxygens (including phenoxy) is 1. The summed E-state index contributed by atoms with van der Waals surface area (Å²) in [6, 6.07) is -1.44. The Morgan fingerprint density at radius 2 is 2.08 bits per heavy atom. The van der Waals surface area contributed by atoms with Crippen LogP contribution in [0.5, 0.6) is 0 Å². The Kier molecular flexibility index (Phi) is 6.86. The molecule has 1 rings (SSSR count). The van der Waals surface area contributed by atoms with Crippen molar-refractivity contribution in [2.24, 2.45) is 5.11 Å². The number of aliphatic hydroxyl groups excluding tert-OH is 4. The topological polar surface area (TPSA) is 226 Å². The maximum absolute atomic E-state index is 11.6. The molecular formula is C11H18N4O9. The van der Waals surface area contributed by atoms with Crippen molar-refractivity contribution in [1.29, 1.82) is 0 Å². The van der Waals surface area contributed by atoms with Crippen LogP contribution < -0.4 is 5.32 Å². The minimum absolute atomic E-state index is 0.645. The molecule has 7 N–H and O–H groups in total. The lowest BCUT2D eigenvalue weighted by atomic mass is 9.88. The number of amides is 1. The summed E-state index contributed by atoms with van der Waals surface area (Å²) in [4.78, 5) is 25.0. The number of rotatable bonds is 7. The van der Waals surface area contributed by atoms with Crippen molar-refractivity contribution < 1.29 is 45.0 Å². The van der Waals surface area contributed by atoms with E-state index in [1.807, 2.05) is 0 Å². The van der Waals surface area contributed by atoms with Gasteiger partial charge in [0.25, 0.3) is 5.79 Å². The maximum atomic E-state index is 11.6. The molecule has 1 fully saturated rings. The predicted octanol–water partition coefficient (Wildman–Crippen LogP) is -3.58. The summed E-state index contributed by atoms with van der Waals surface area (Å²) in [5.41, 5.74) is 8.15. The summed E-state index contributed by atoms with van der Waals surface area (Å²) in [5, 5.41) is 62.3. The van der Waals surface area contributed by atoms with Crippen molar-refractivity contribution in [3.63, 3.8) is 0 Å². The van der Waals surface area contributed by atoms with E-state index in [1.165, 1.54) is 0 Å². The average molecular weight is 350 g/mol. The first-order chi connectivity index (χ1) is 11.2. The summed E-state index contributed by atoms with van der Waals surface area (Å²) < 4.78 is 4.87. The lowest BCUT2D eigenvalue weighted by Crippen LogP contribution is -2.67. The molecule has 0 aromatic carbocycles. The number of carboxylic acid groups (broad SMARTS) is 1. The monoisotopic (exact) mass is 350 g/mol. The van der Waals surface area contributed by atoms with E-state index in [0.717, 1.165) is 0 Å². The Hall–Kier alpha value is -1.99. The zero-order valence-electron chi connectivity index (χ0n) is 12.3. The molecule has 6 atom stereocenters. The fourth-order valence-corrected chi connectivity index (χ4v) is 2.23. The first kappa shape index (κ1) is 20.1. The molecule has 1 amide bonds. The Morgan fingerprint density at radius 3 is 2.58 bits per heavy atom. The average Bonchev–Trinajstić information content (AvgIpc) is 2.53. The molecule has 0 aromatic rings. The van der Waals surface area contributed by atoms with Crippen LogP contribution >= 0.6 is 0 Å². The normalized spacial score (nSPS) is 32.3. The van der Waals surface area contributed by atoms with E-state index >= 15 is 0 Å². The first-order valence-corrected chi connectivity index (χ1v) is 6.75. The number of carboxylic acids is 1. The van der Waals surface area contributed by atoms with E-state index in [2.05, 4.69) is 15.3 Å². The molecule has 13 heteroatoms. The smallest absolute Gasteiger partial charge is 0.364 e. The summed E-state index contributed by atoms with van der Waals surface area (Å²) in [6.45, 7) is -1.57. The number of nitrogens with zero attached hydrogens (tertiary/aromatic N) is 3. The van der Waals surface area contributed by atoms with E-state index in [-0.39, 0.29) is 0 Å². The standard InChI is InChI=1S/C11H18N4O9/c12-15-13-2-6(19)14-7-4(17)1-11(23,10(21)22)24-9(7)8(20)5(18)3-16/h4-5,7-9,16-18,20,23H,1-3H2,(H,14,19)(H,21,22). The molecular weight excluding hydrogens is 332 g/mol. The van der Waals surface area contributed by atoms with Gasteiger partial charge in [0.05, 0.1) is 18.8 Å². The molecule has 1 saturated heterocycles. The van der Waals surface area contributed by atoms with Gasteiger partial charge in [-0.3, -0.25) is 4.79 Å². The van der Waals surface area contributed by atoms with Crippen LogP contribution in [0.15, 0.2) is 5.11 Å². The van der Waals surface area contributed by atoms with E-state index in [9.17, 15) is 30.0 Å². The highest BCUT2D eigenvalue weighted by Gasteiger charge is 2.53. The molecule has 0 spiro atoms. The number of aliphatic hydroxyl groups is 5. The molecule has 1 heterocycles. The third-order valence-electron chi connectivity index (χ3n) is 3.44. The predicted molar refractivity (Wildman–Crippen MR) is 73.1 cm³/mol. The number of hydrogen-bond donors (Lipinski definition) is 7. The quantitative estimate of drug-likeness (QED) is 0.137. The molecule has 0 aliphatic carbocycles. The van der Waals surface area contributed by atoms with Gasteiger partial charge in [0.2, 0.25) is 5.91 Å². The molecule has 136 valence electrons. The van der Waals surface area contributed by atoms with Crippen molar-refractivity contribution >= 4 is 11.9 Å². The minimum atomic E-state index is -2.87. The summed E-state index contributed by atoms with van der Waals surface area (Å²) in [7, 11) is 0. The van der Waals surface area contributed by atoms with Gasteiger partial charge in [0.1, 0.15) is 24.9 Å². The second-order valence-corrected chi connectivity index (χ2v) is 5.17. The van der Waals surface area contributed by atoms with Gasteiger partial charge in [-0.1, -0.05) is 5.11 Å². The van der Waals surface area contributed by atoms with Gasteiger partial charge < -0.3 is 40.7 Å². The number of hydrogen-bond acceptors (Lipinski definition) is 9. The molecule has 0 aromatic heterocycles. The van der Waals surface area contributed by atoms with Gasteiger partial charge >= 0.3 is 5.97 Å². The van der Waals surface area contributed by atoms with Crippen LogP contribution in [0.3, 0.4) is 0 Å². The van der Waals surface area contributed by atoms with Crippen LogP contribution in [0.2, 0.25) is 0 Å².